The molecule has 6 N–H and O–H groups in total. The van der Waals surface area contributed by atoms with Gasteiger partial charge in [0.15, 0.2) is 17.3 Å². The van der Waals surface area contributed by atoms with Crippen molar-refractivity contribution in [2.24, 2.45) is 0 Å². The summed E-state index contributed by atoms with van der Waals surface area (Å²) in [6.07, 6.45) is -0.189. The molecule has 26 nitrogen and oxygen atoms in total. The van der Waals surface area contributed by atoms with Crippen LogP contribution in [0.2, 0.25) is 0 Å². The fraction of sp³-hybridized carbons (Fsp3) is 0.488. The number of urea groups is 1. The predicted molar refractivity (Wildman–Crippen MR) is 239 cm³/mol. The van der Waals surface area contributed by atoms with Crippen molar-refractivity contribution < 1.29 is 77.1 Å². The highest BCUT2D eigenvalue weighted by Crippen LogP contribution is 2.40. The number of ketones is 1. The lowest BCUT2D eigenvalue weighted by molar-refractivity contribution is -0.387. The number of nitro groups is 2. The number of carboxylic acid groups (broad SMARTS) is 1. The molecule has 372 valence electrons. The summed E-state index contributed by atoms with van der Waals surface area (Å²) >= 11 is 2.34. The van der Waals surface area contributed by atoms with E-state index in [1.165, 1.54) is 31.2 Å². The largest absolute Gasteiger partial charge is 0.480 e. The van der Waals surface area contributed by atoms with Gasteiger partial charge in [-0.25, -0.2) is 19.3 Å². The molecule has 3 aliphatic heterocycles. The third kappa shape index (κ3) is 14.6. The third-order valence-corrected chi connectivity index (χ3v) is 13.4. The molecule has 0 aromatic heterocycles. The van der Waals surface area contributed by atoms with Crippen molar-refractivity contribution in [1.29, 1.82) is 0 Å². The maximum atomic E-state index is 13.0. The molecule has 69 heavy (non-hydrogen) atoms. The summed E-state index contributed by atoms with van der Waals surface area (Å²) in [6, 6.07) is 1.96. The summed E-state index contributed by atoms with van der Waals surface area (Å²) in [7, 11) is 1.06. The Morgan fingerprint density at radius 1 is 0.928 bits per heavy atom. The van der Waals surface area contributed by atoms with Crippen LogP contribution in [0.15, 0.2) is 35.2 Å². The van der Waals surface area contributed by atoms with Gasteiger partial charge >= 0.3 is 24.1 Å². The summed E-state index contributed by atoms with van der Waals surface area (Å²) in [6.45, 7) is -0.259. The number of nitrogens with zero attached hydrogens (tertiary/aromatic N) is 3. The number of benzene rings is 2. The van der Waals surface area contributed by atoms with Crippen LogP contribution < -0.4 is 36.1 Å². The molecule has 0 spiro atoms. The van der Waals surface area contributed by atoms with E-state index in [2.05, 4.69) is 26.6 Å². The average molecular weight is 1010 g/mol. The highest BCUT2D eigenvalue weighted by molar-refractivity contribution is 8.00. The first-order valence-electron chi connectivity index (χ1n) is 21.2. The standard InChI is InChI=1S/C41H48N8O18S2/c1-21(50)22-7-9-31(27(13-22)49(62)63)68-18-25(38(56)43-16-36(54)55)45-34(52)10-8-24(39(57)64-2)44-35(53)11-12-42-33(51)6-4-3-5-32-37-28(19-69-32)47(40(58)46-37)41(59)65-17-23-14-29-30(67-20-66-29)15-26(23)48(60)61/h7,9,13-15,24-25,28,32,37H,3-6,8,10-12,16-20H2,1-2H3,(H,42,51)(H,43,56)(H,44,53)(H,45,52)(H,46,58)(H,54,55). The Morgan fingerprint density at radius 3 is 2.30 bits per heavy atom. The van der Waals surface area contributed by atoms with Crippen molar-refractivity contribution >= 4 is 88.4 Å². The number of aliphatic carboxylic acids is 1. The predicted octanol–water partition coefficient (Wildman–Crippen LogP) is 1.93. The number of methoxy groups -OCH3 is 1. The van der Waals surface area contributed by atoms with E-state index in [1.54, 1.807) is 11.8 Å². The second-order valence-corrected chi connectivity index (χ2v) is 17.8. The van der Waals surface area contributed by atoms with Crippen molar-refractivity contribution in [1.82, 2.24) is 31.5 Å². The van der Waals surface area contributed by atoms with Gasteiger partial charge in [0.05, 0.1) is 45.6 Å². The van der Waals surface area contributed by atoms with Crippen LogP contribution in [0.4, 0.5) is 21.0 Å². The molecule has 2 aromatic carbocycles. The number of fused-ring (bicyclic) bond motifs is 2. The normalized spacial score (nSPS) is 17.3. The number of carbonyl (C=O) groups is 9. The Labute approximate surface area is 400 Å². The zero-order valence-electron chi connectivity index (χ0n) is 37.0. The second-order valence-electron chi connectivity index (χ2n) is 15.5. The SMILES string of the molecule is COC(=O)C(CCC(=O)NC(CSc1ccc(C(C)=O)cc1[N+](=O)[O-])C(=O)NCC(=O)O)NC(=O)CCNC(=O)CCCCC1SCC2C1NC(=O)N2C(=O)OCc1cc2c(cc1[N+](=O)[O-])OCO2. The van der Waals surface area contributed by atoms with E-state index < -0.39 is 101 Å². The van der Waals surface area contributed by atoms with E-state index in [0.717, 1.165) is 29.8 Å². The van der Waals surface area contributed by atoms with Crippen LogP contribution in [0.3, 0.4) is 0 Å². The third-order valence-electron chi connectivity index (χ3n) is 10.8. The van der Waals surface area contributed by atoms with E-state index >= 15 is 0 Å². The molecule has 3 heterocycles. The van der Waals surface area contributed by atoms with Gasteiger partial charge in [-0.3, -0.25) is 49.0 Å². The fourth-order valence-electron chi connectivity index (χ4n) is 7.29. The van der Waals surface area contributed by atoms with Crippen LogP contribution in [0.5, 0.6) is 11.5 Å². The molecule has 5 rings (SSSR count). The Bertz CT molecular complexity index is 2370. The first kappa shape index (κ1) is 52.7. The van der Waals surface area contributed by atoms with E-state index in [9.17, 15) is 63.4 Å². The Hall–Kier alpha value is -7.23. The molecular formula is C41H48N8O18S2. The highest BCUT2D eigenvalue weighted by Gasteiger charge is 2.51. The summed E-state index contributed by atoms with van der Waals surface area (Å²) in [5, 5.41) is 44.6. The fourth-order valence-corrected chi connectivity index (χ4v) is 9.91. The van der Waals surface area contributed by atoms with Crippen LogP contribution in [-0.2, 0) is 44.8 Å². The van der Waals surface area contributed by atoms with Crippen molar-refractivity contribution in [3.05, 3.63) is 61.7 Å². The average Bonchev–Trinajstić information content (AvgIpc) is 4.03. The number of Topliss-reactive ketones (excluding diaryl/α,β-unsaturated/α-hetero) is 1. The minimum absolute atomic E-state index is 0.0603. The first-order valence-corrected chi connectivity index (χ1v) is 23.2. The summed E-state index contributed by atoms with van der Waals surface area (Å²) in [5.74, 6) is -4.85. The lowest BCUT2D eigenvalue weighted by atomic mass is 10.0. The monoisotopic (exact) mass is 1000 g/mol. The smallest absolute Gasteiger partial charge is 0.418 e. The number of ether oxygens (including phenoxy) is 4. The van der Waals surface area contributed by atoms with Gasteiger partial charge in [0.2, 0.25) is 30.4 Å². The number of hydrogen-bond acceptors (Lipinski definition) is 19. The van der Waals surface area contributed by atoms with Crippen molar-refractivity contribution in [2.45, 2.75) is 92.8 Å². The van der Waals surface area contributed by atoms with Crippen LogP contribution in [0.1, 0.15) is 67.8 Å². The lowest BCUT2D eigenvalue weighted by Gasteiger charge is -2.20. The number of imide groups is 1. The number of rotatable bonds is 25. The number of nitrogens with one attached hydrogen (secondary N) is 5. The van der Waals surface area contributed by atoms with Gasteiger partial charge in [0.1, 0.15) is 25.2 Å². The van der Waals surface area contributed by atoms with Gasteiger partial charge in [-0.05, 0) is 44.4 Å². The molecule has 5 atom stereocenters. The number of hydrogen-bond donors (Lipinski definition) is 6. The highest BCUT2D eigenvalue weighted by atomic mass is 32.2. The quantitative estimate of drug-likeness (QED) is 0.0157. The van der Waals surface area contributed by atoms with Crippen molar-refractivity contribution in [3.63, 3.8) is 0 Å². The van der Waals surface area contributed by atoms with E-state index in [-0.39, 0.29) is 88.8 Å². The van der Waals surface area contributed by atoms with E-state index in [4.69, 9.17) is 24.1 Å². The van der Waals surface area contributed by atoms with Gasteiger partial charge in [0.25, 0.3) is 11.4 Å². The molecule has 0 radical (unpaired) electrons. The van der Waals surface area contributed by atoms with Gasteiger partial charge in [-0.15, -0.1) is 11.8 Å². The maximum Gasteiger partial charge on any atom is 0.418 e. The lowest BCUT2D eigenvalue weighted by Crippen LogP contribution is -2.50. The van der Waals surface area contributed by atoms with Crippen LogP contribution in [0.25, 0.3) is 0 Å². The molecule has 0 bridgehead atoms. The zero-order chi connectivity index (χ0) is 50.4. The molecule has 2 saturated heterocycles. The number of carbonyl (C=O) groups excluding carboxylic acids is 8. The number of esters is 1. The summed E-state index contributed by atoms with van der Waals surface area (Å²) < 4.78 is 20.5. The molecule has 3 aliphatic rings. The minimum atomic E-state index is -1.41. The number of thioether (sulfide) groups is 2. The molecule has 2 aromatic rings. The van der Waals surface area contributed by atoms with Crippen LogP contribution >= 0.6 is 23.5 Å². The van der Waals surface area contributed by atoms with Crippen LogP contribution in [0, 0.1) is 20.2 Å². The van der Waals surface area contributed by atoms with Gasteiger partial charge in [0, 0.05) is 54.2 Å². The minimum Gasteiger partial charge on any atom is -0.480 e. The summed E-state index contributed by atoms with van der Waals surface area (Å²) in [5.41, 5.74) is -0.625. The number of carboxylic acids is 1. The molecule has 7 amide bonds. The van der Waals surface area contributed by atoms with Crippen LogP contribution in [-0.4, -0.2) is 141 Å². The molecule has 0 saturated carbocycles. The Balaban J connectivity index is 1.01. The number of unbranched alkanes of at least 4 members (excludes halogenated alkanes) is 1. The molecular weight excluding hydrogens is 957 g/mol. The van der Waals surface area contributed by atoms with Gasteiger partial charge in [-0.2, -0.15) is 11.8 Å². The van der Waals surface area contributed by atoms with Crippen molar-refractivity contribution in [2.75, 3.05) is 38.5 Å². The van der Waals surface area contributed by atoms with Crippen molar-refractivity contribution in [3.8, 4) is 11.5 Å². The van der Waals surface area contributed by atoms with E-state index in [0.29, 0.717) is 25.0 Å². The molecule has 28 heteroatoms. The van der Waals surface area contributed by atoms with Gasteiger partial charge < -0.3 is 50.6 Å². The molecule has 0 aliphatic carbocycles. The molecule has 2 fully saturated rings. The zero-order valence-corrected chi connectivity index (χ0v) is 38.6. The van der Waals surface area contributed by atoms with Gasteiger partial charge in [-0.1, -0.05) is 6.42 Å². The summed E-state index contributed by atoms with van der Waals surface area (Å²) in [4.78, 5) is 135. The van der Waals surface area contributed by atoms with E-state index in [1.807, 2.05) is 0 Å². The maximum absolute atomic E-state index is 13.0. The number of amides is 7. The second kappa shape index (κ2) is 24.7. The topological polar surface area (TPSA) is 360 Å². The Morgan fingerprint density at radius 2 is 1.62 bits per heavy atom. The molecule has 5 unspecified atom stereocenters. The number of nitro benzene ring substituents is 2. The Kier molecular flexibility index (Phi) is 18.9. The first-order chi connectivity index (χ1) is 32.9.